The first-order chi connectivity index (χ1) is 48.5. The zero-order chi connectivity index (χ0) is 76.0. The second kappa shape index (κ2) is 42.3. The Bertz CT molecular complexity index is 3310. The fourth-order valence-electron chi connectivity index (χ4n) is 12.8. The molecule has 0 saturated heterocycles. The molecule has 0 saturated carbocycles. The van der Waals surface area contributed by atoms with E-state index in [9.17, 15) is 0 Å². The number of hydrogen-bond acceptors (Lipinski definition) is 10. The first-order valence-corrected chi connectivity index (χ1v) is 39.4. The summed E-state index contributed by atoms with van der Waals surface area (Å²) in [5.74, 6) is 8.44. The van der Waals surface area contributed by atoms with Gasteiger partial charge in [0.2, 0.25) is 0 Å². The number of quaternary nitrogens is 6. The lowest BCUT2D eigenvalue weighted by Crippen LogP contribution is -2.36. The van der Waals surface area contributed by atoms with Gasteiger partial charge in [0, 0.05) is 95.9 Å². The van der Waals surface area contributed by atoms with Crippen molar-refractivity contribution in [1.82, 2.24) is 0 Å². The van der Waals surface area contributed by atoms with E-state index in [1.165, 1.54) is 44.3 Å². The molecule has 580 valence electrons. The molecule has 5 rings (SSSR count). The van der Waals surface area contributed by atoms with Gasteiger partial charge in [0.05, 0.1) is 232 Å². The Morgan fingerprint density at radius 3 is 0.631 bits per heavy atom. The number of hydrogen-bond donors (Lipinski definition) is 0. The zero-order valence-corrected chi connectivity index (χ0v) is 69.9. The predicted octanol–water partition coefficient (Wildman–Crippen LogP) is 15.7. The zero-order valence-electron chi connectivity index (χ0n) is 69.9. The van der Waals surface area contributed by atoms with Crippen LogP contribution in [0.25, 0.3) is 0 Å². The summed E-state index contributed by atoms with van der Waals surface area (Å²) in [7, 11) is 40.4. The minimum atomic E-state index is 0.476. The van der Waals surface area contributed by atoms with Crippen molar-refractivity contribution in [3.63, 3.8) is 0 Å². The number of ether oxygens (including phenoxy) is 10. The number of benzene rings is 5. The van der Waals surface area contributed by atoms with Crippen molar-refractivity contribution in [2.75, 3.05) is 232 Å². The summed E-state index contributed by atoms with van der Waals surface area (Å²) in [5, 5.41) is 0. The van der Waals surface area contributed by atoms with E-state index in [1.807, 2.05) is 6.92 Å². The normalized spacial score (nSPS) is 12.4. The number of aryl methyl sites for hydroxylation is 2. The maximum Gasteiger partial charge on any atom is 0.123 e. The molecule has 0 amide bonds. The van der Waals surface area contributed by atoms with E-state index in [0.29, 0.717) is 91.8 Å². The molecule has 0 radical (unpaired) electrons. The maximum absolute atomic E-state index is 7.07. The third-order valence-electron chi connectivity index (χ3n) is 18.3. The lowest BCUT2D eigenvalue weighted by atomic mass is 9.94. The van der Waals surface area contributed by atoms with Crippen LogP contribution in [0.15, 0.2) is 60.7 Å². The molecule has 5 aromatic rings. The van der Waals surface area contributed by atoms with Crippen LogP contribution >= 0.6 is 0 Å². The largest absolute Gasteiger partial charge is 0.494 e. The number of unbranched alkanes of at least 4 members (excludes halogenated alkanes) is 6. The van der Waals surface area contributed by atoms with Crippen LogP contribution in [0.4, 0.5) is 0 Å². The summed E-state index contributed by atoms with van der Waals surface area (Å²) in [6.45, 7) is 24.5. The van der Waals surface area contributed by atoms with Gasteiger partial charge in [0.15, 0.2) is 0 Å². The van der Waals surface area contributed by atoms with E-state index < -0.39 is 0 Å². The van der Waals surface area contributed by atoms with Gasteiger partial charge in [0.25, 0.3) is 0 Å². The molecule has 0 bridgehead atoms. The minimum absolute atomic E-state index is 0.476. The van der Waals surface area contributed by atoms with Gasteiger partial charge in [0.1, 0.15) is 57.5 Å². The van der Waals surface area contributed by atoms with E-state index >= 15 is 0 Å². The van der Waals surface area contributed by atoms with E-state index in [0.717, 1.165) is 218 Å². The Hall–Kier alpha value is -6.14. The van der Waals surface area contributed by atoms with Crippen molar-refractivity contribution < 1.29 is 74.3 Å². The van der Waals surface area contributed by atoms with Gasteiger partial charge < -0.3 is 74.3 Å². The van der Waals surface area contributed by atoms with Gasteiger partial charge in [-0.25, -0.2) is 0 Å². The Morgan fingerprint density at radius 2 is 0.388 bits per heavy atom. The average molecular weight is 1440 g/mol. The molecule has 0 aliphatic heterocycles. The van der Waals surface area contributed by atoms with Crippen LogP contribution in [0.1, 0.15) is 167 Å². The summed E-state index contributed by atoms with van der Waals surface area (Å²) >= 11 is 0. The molecule has 0 aliphatic rings. The molecule has 16 heteroatoms. The Morgan fingerprint density at radius 1 is 0.204 bits per heavy atom. The fourth-order valence-corrected chi connectivity index (χ4v) is 12.8. The molecule has 0 N–H and O–H groups in total. The molecule has 5 aromatic carbocycles. The quantitative estimate of drug-likeness (QED) is 0.0277. The number of rotatable bonds is 53. The third-order valence-corrected chi connectivity index (χ3v) is 18.3. The van der Waals surface area contributed by atoms with Gasteiger partial charge in [-0.2, -0.15) is 0 Å². The van der Waals surface area contributed by atoms with Crippen LogP contribution in [0, 0.1) is 6.92 Å². The molecule has 16 nitrogen and oxygen atoms in total. The van der Waals surface area contributed by atoms with Gasteiger partial charge in [-0.15, -0.1) is 0 Å². The van der Waals surface area contributed by atoms with Gasteiger partial charge in [-0.05, 0) is 164 Å². The van der Waals surface area contributed by atoms with E-state index in [1.54, 1.807) is 0 Å². The van der Waals surface area contributed by atoms with E-state index in [-0.39, 0.29) is 0 Å². The van der Waals surface area contributed by atoms with Gasteiger partial charge in [-0.3, -0.25) is 0 Å². The summed E-state index contributed by atoms with van der Waals surface area (Å²) in [4.78, 5) is 0. The Balaban J connectivity index is 1.66. The third kappa shape index (κ3) is 33.9. The van der Waals surface area contributed by atoms with Crippen LogP contribution in [-0.2, 0) is 32.1 Å². The highest BCUT2D eigenvalue weighted by molar-refractivity contribution is 5.58. The average Bonchev–Trinajstić information content (AvgIpc) is 0.794. The van der Waals surface area contributed by atoms with Crippen LogP contribution in [0.3, 0.4) is 0 Å². The SMILES string of the molecule is CCOc1cc(Cc2cc(OCCC[N+](C)(C)C)c(Cc3cc(OCCC[N+](C)(C)C)c(Cc4cc(OCCC[N+](C)(C)C)c(C)cc4OCC)cc3OCC)cc2OCC)c(OCCC[N+](C)(C)C)cc1Cc1cc(OCCCCCC[N+](C)(C)C)c(CC)cc1OCCCCCC[N+](C)(C)C. The molecule has 0 heterocycles. The topological polar surface area (TPSA) is 92.3 Å². The highest BCUT2D eigenvalue weighted by atomic mass is 16.5. The monoisotopic (exact) mass is 1440 g/mol. The molecule has 0 aromatic heterocycles. The summed E-state index contributed by atoms with van der Waals surface area (Å²) in [6, 6.07) is 22.1. The molecule has 0 atom stereocenters. The van der Waals surface area contributed by atoms with Crippen molar-refractivity contribution >= 4 is 0 Å². The standard InChI is InChI=1S/C87H148N6O10/c1-25-69-59-84(100-49-37-33-31-35-43-89(10,11)12)74(61-80(69)99-48-36-32-30-34-42-88(7,8)9)56-71-65-86(102-52-40-46-92(19,20)21)76(63-82(71)96-28-4)58-73-67-87(103-53-41-47-93(22,23)24)77(64-83(73)97-29-5)57-72-66-85(101-51-39-45-91(16,17)18)75(62-81(72)95-27-3)55-70-60-78(68(6)54-79(70)94-26-2)98-50-38-44-90(13,14)15/h54,59-67H,25-53,55-58H2,1-24H3/q+6. The molecule has 0 spiro atoms. The molecule has 0 aliphatic carbocycles. The second-order valence-electron chi connectivity index (χ2n) is 34.7. The highest BCUT2D eigenvalue weighted by Crippen LogP contribution is 2.42. The van der Waals surface area contributed by atoms with Crippen molar-refractivity contribution in [3.05, 3.63) is 116 Å². The van der Waals surface area contributed by atoms with Crippen LogP contribution in [0.2, 0.25) is 0 Å². The van der Waals surface area contributed by atoms with Crippen molar-refractivity contribution in [2.24, 2.45) is 0 Å². The molecular formula is C87H148N6O10+6. The summed E-state index contributed by atoms with van der Waals surface area (Å²) in [5.41, 5.74) is 10.4. The Kier molecular flexibility index (Phi) is 35.9. The Labute approximate surface area is 627 Å². The highest BCUT2D eigenvalue weighted by Gasteiger charge is 2.25. The van der Waals surface area contributed by atoms with Crippen LogP contribution in [0.5, 0.6) is 57.5 Å². The first kappa shape index (κ1) is 87.5. The second-order valence-corrected chi connectivity index (χ2v) is 34.7. The van der Waals surface area contributed by atoms with Crippen molar-refractivity contribution in [3.8, 4) is 57.5 Å². The first-order valence-electron chi connectivity index (χ1n) is 39.4. The lowest BCUT2D eigenvalue weighted by molar-refractivity contribution is -0.870. The minimum Gasteiger partial charge on any atom is -0.494 e. The van der Waals surface area contributed by atoms with E-state index in [2.05, 4.69) is 222 Å². The van der Waals surface area contributed by atoms with E-state index in [4.69, 9.17) is 47.4 Å². The molecule has 0 fully saturated rings. The van der Waals surface area contributed by atoms with Gasteiger partial charge >= 0.3 is 0 Å². The molecular weight excluding hydrogens is 1290 g/mol. The number of nitrogens with zero attached hydrogens (tertiary/aromatic N) is 6. The predicted molar refractivity (Wildman–Crippen MR) is 428 cm³/mol. The maximum atomic E-state index is 7.07. The van der Waals surface area contributed by atoms with Crippen LogP contribution in [-0.4, -0.2) is 259 Å². The molecule has 103 heavy (non-hydrogen) atoms. The van der Waals surface area contributed by atoms with Crippen molar-refractivity contribution in [1.29, 1.82) is 0 Å². The summed E-state index contributed by atoms with van der Waals surface area (Å²) < 4.78 is 73.3. The summed E-state index contributed by atoms with van der Waals surface area (Å²) in [6.07, 6.45) is 15.7. The lowest BCUT2D eigenvalue weighted by Gasteiger charge is -2.25. The van der Waals surface area contributed by atoms with Crippen molar-refractivity contribution in [2.45, 2.75) is 151 Å². The smallest absolute Gasteiger partial charge is 0.123 e. The van der Waals surface area contributed by atoms with Crippen LogP contribution < -0.4 is 47.4 Å². The fraction of sp³-hybridized carbons (Fsp3) is 0.655. The van der Waals surface area contributed by atoms with Gasteiger partial charge in [-0.1, -0.05) is 6.92 Å². The molecule has 0 unspecified atom stereocenters.